The van der Waals surface area contributed by atoms with Gasteiger partial charge in [0.1, 0.15) is 0 Å². The Labute approximate surface area is 147 Å². The minimum atomic E-state index is 0.525. The van der Waals surface area contributed by atoms with Gasteiger partial charge in [-0.05, 0) is 12.0 Å². The van der Waals surface area contributed by atoms with Gasteiger partial charge in [-0.2, -0.15) is 5.10 Å². The highest BCUT2D eigenvalue weighted by Gasteiger charge is 2.26. The molecule has 7 nitrogen and oxygen atoms in total. The van der Waals surface area contributed by atoms with Gasteiger partial charge in [0.2, 0.25) is 0 Å². The fourth-order valence-electron chi connectivity index (χ4n) is 2.96. The zero-order chi connectivity index (χ0) is 17.1. The van der Waals surface area contributed by atoms with Crippen molar-refractivity contribution in [3.8, 4) is 0 Å². The van der Waals surface area contributed by atoms with Crippen molar-refractivity contribution in [3.63, 3.8) is 0 Å². The summed E-state index contributed by atoms with van der Waals surface area (Å²) in [5.41, 5.74) is 2.36. The zero-order valence-electron chi connectivity index (χ0n) is 14.7. The number of nitrogens with zero attached hydrogens (tertiary/aromatic N) is 6. The third-order valence-electron chi connectivity index (χ3n) is 4.25. The van der Waals surface area contributed by atoms with Crippen LogP contribution in [-0.2, 0) is 13.6 Å². The lowest BCUT2D eigenvalue weighted by Gasteiger charge is -2.21. The van der Waals surface area contributed by atoms with E-state index in [1.165, 1.54) is 5.56 Å². The fraction of sp³-hybridized carbons (Fsp3) is 0.562. The molecule has 2 aromatic rings. The van der Waals surface area contributed by atoms with E-state index in [0.717, 1.165) is 36.3 Å². The molecule has 24 heavy (non-hydrogen) atoms. The van der Waals surface area contributed by atoms with E-state index in [0.29, 0.717) is 12.5 Å². The van der Waals surface area contributed by atoms with Crippen LogP contribution in [0.3, 0.4) is 0 Å². The molecule has 0 amide bonds. The highest BCUT2D eigenvalue weighted by molar-refractivity contribution is 7.13. The number of aromatic nitrogens is 3. The third-order valence-corrected chi connectivity index (χ3v) is 5.30. The van der Waals surface area contributed by atoms with Crippen LogP contribution < -0.4 is 10.2 Å². The normalized spacial score (nSPS) is 18.2. The number of aliphatic imine (C=N–C) groups is 1. The average molecular weight is 347 g/mol. The van der Waals surface area contributed by atoms with Crippen LogP contribution in [0.4, 0.5) is 5.13 Å². The number of guanidine groups is 1. The van der Waals surface area contributed by atoms with Gasteiger partial charge in [0.15, 0.2) is 11.1 Å². The molecule has 1 aliphatic heterocycles. The van der Waals surface area contributed by atoms with Crippen LogP contribution in [0.25, 0.3) is 0 Å². The quantitative estimate of drug-likeness (QED) is 0.671. The summed E-state index contributed by atoms with van der Waals surface area (Å²) in [6.07, 6.45) is 5.22. The summed E-state index contributed by atoms with van der Waals surface area (Å²) < 4.78 is 1.87. The predicted molar refractivity (Wildman–Crippen MR) is 98.8 cm³/mol. The van der Waals surface area contributed by atoms with E-state index in [-0.39, 0.29) is 0 Å². The summed E-state index contributed by atoms with van der Waals surface area (Å²) in [7, 11) is 7.83. The van der Waals surface area contributed by atoms with Gasteiger partial charge in [-0.25, -0.2) is 4.98 Å². The molecule has 0 saturated carbocycles. The molecule has 130 valence electrons. The minimum absolute atomic E-state index is 0.525. The molecule has 1 saturated heterocycles. The van der Waals surface area contributed by atoms with E-state index in [9.17, 15) is 0 Å². The molecule has 3 rings (SSSR count). The number of hydrogen-bond donors (Lipinski definition) is 1. The van der Waals surface area contributed by atoms with Gasteiger partial charge in [0.25, 0.3) is 0 Å². The molecule has 1 unspecified atom stereocenters. The molecule has 1 fully saturated rings. The number of anilines is 1. The maximum absolute atomic E-state index is 4.61. The van der Waals surface area contributed by atoms with Crippen molar-refractivity contribution >= 4 is 22.4 Å². The van der Waals surface area contributed by atoms with Crippen molar-refractivity contribution < 1.29 is 0 Å². The topological polar surface area (TPSA) is 61.6 Å². The summed E-state index contributed by atoms with van der Waals surface area (Å²) in [6.45, 7) is 2.69. The Morgan fingerprint density at radius 2 is 2.33 bits per heavy atom. The SMILES string of the molecule is CN=C(NCc1csc(N(C)C)n1)N1CCC(c2cnn(C)c2)C1. The molecular formula is C16H25N7S. The molecule has 8 heteroatoms. The number of likely N-dealkylation sites (tertiary alicyclic amines) is 1. The maximum atomic E-state index is 4.61. The van der Waals surface area contributed by atoms with E-state index in [4.69, 9.17) is 0 Å². The molecule has 0 spiro atoms. The second-order valence-corrected chi connectivity index (χ2v) is 7.13. The average Bonchev–Trinajstić information content (AvgIpc) is 3.27. The highest BCUT2D eigenvalue weighted by atomic mass is 32.1. The van der Waals surface area contributed by atoms with Crippen molar-refractivity contribution in [2.45, 2.75) is 18.9 Å². The Morgan fingerprint density at radius 1 is 1.50 bits per heavy atom. The first kappa shape index (κ1) is 16.8. The van der Waals surface area contributed by atoms with Crippen LogP contribution in [0.5, 0.6) is 0 Å². The van der Waals surface area contributed by atoms with Crippen LogP contribution >= 0.6 is 11.3 Å². The molecule has 3 heterocycles. The first-order valence-corrected chi connectivity index (χ1v) is 9.00. The number of aryl methyl sites for hydroxylation is 1. The van der Waals surface area contributed by atoms with Gasteiger partial charge in [-0.3, -0.25) is 9.67 Å². The van der Waals surface area contributed by atoms with E-state index in [2.05, 4.69) is 36.9 Å². The van der Waals surface area contributed by atoms with Crippen molar-refractivity contribution in [1.82, 2.24) is 25.0 Å². The van der Waals surface area contributed by atoms with E-state index in [1.54, 1.807) is 11.3 Å². The van der Waals surface area contributed by atoms with Gasteiger partial charge in [0.05, 0.1) is 18.4 Å². The van der Waals surface area contributed by atoms with Gasteiger partial charge in [0, 0.05) is 58.8 Å². The number of rotatable bonds is 4. The Kier molecular flexibility index (Phi) is 5.03. The largest absolute Gasteiger partial charge is 0.354 e. The Hall–Kier alpha value is -2.09. The van der Waals surface area contributed by atoms with Crippen LogP contribution in [0, 0.1) is 0 Å². The molecule has 0 aromatic carbocycles. The summed E-state index contributed by atoms with van der Waals surface area (Å²) in [4.78, 5) is 13.4. The minimum Gasteiger partial charge on any atom is -0.354 e. The van der Waals surface area contributed by atoms with Crippen LogP contribution in [0.15, 0.2) is 22.8 Å². The molecule has 1 aliphatic rings. The van der Waals surface area contributed by atoms with Crippen molar-refractivity contribution in [3.05, 3.63) is 29.0 Å². The van der Waals surface area contributed by atoms with Crippen LogP contribution in [0.1, 0.15) is 23.6 Å². The van der Waals surface area contributed by atoms with Crippen LogP contribution in [-0.4, -0.2) is 59.9 Å². The molecular weight excluding hydrogens is 322 g/mol. The lowest BCUT2D eigenvalue weighted by molar-refractivity contribution is 0.485. The molecule has 1 atom stereocenters. The fourth-order valence-corrected chi connectivity index (χ4v) is 3.72. The van der Waals surface area contributed by atoms with E-state index < -0.39 is 0 Å². The smallest absolute Gasteiger partial charge is 0.193 e. The predicted octanol–water partition coefficient (Wildman–Crippen LogP) is 1.51. The Balaban J connectivity index is 1.56. The molecule has 2 aromatic heterocycles. The van der Waals surface area contributed by atoms with Crippen molar-refractivity contribution in [1.29, 1.82) is 0 Å². The Morgan fingerprint density at radius 3 is 2.96 bits per heavy atom. The lowest BCUT2D eigenvalue weighted by Crippen LogP contribution is -2.39. The first-order chi connectivity index (χ1) is 11.6. The number of nitrogens with one attached hydrogen (secondary N) is 1. The molecule has 0 bridgehead atoms. The van der Waals surface area contributed by atoms with Crippen molar-refractivity contribution in [2.24, 2.45) is 12.0 Å². The monoisotopic (exact) mass is 347 g/mol. The molecule has 1 N–H and O–H groups in total. The van der Waals surface area contributed by atoms with E-state index >= 15 is 0 Å². The first-order valence-electron chi connectivity index (χ1n) is 8.12. The lowest BCUT2D eigenvalue weighted by atomic mass is 10.0. The Bertz CT molecular complexity index is 703. The zero-order valence-corrected chi connectivity index (χ0v) is 15.5. The van der Waals surface area contributed by atoms with Gasteiger partial charge < -0.3 is 15.1 Å². The summed E-state index contributed by atoms with van der Waals surface area (Å²) in [5, 5.41) is 10.8. The number of thiazole rings is 1. The standard InChI is InChI=1S/C16H25N7S/c1-17-15(18-8-14-11-24-16(20-14)21(2)3)23-6-5-12(10-23)13-7-19-22(4)9-13/h7,9,11-12H,5-6,8,10H2,1-4H3,(H,17,18). The molecule has 0 radical (unpaired) electrons. The highest BCUT2D eigenvalue weighted by Crippen LogP contribution is 2.26. The van der Waals surface area contributed by atoms with Gasteiger partial charge in [-0.1, -0.05) is 0 Å². The third kappa shape index (κ3) is 3.69. The van der Waals surface area contributed by atoms with E-state index in [1.807, 2.05) is 44.0 Å². The van der Waals surface area contributed by atoms with Gasteiger partial charge >= 0.3 is 0 Å². The second kappa shape index (κ2) is 7.21. The maximum Gasteiger partial charge on any atom is 0.193 e. The number of hydrogen-bond acceptors (Lipinski definition) is 5. The summed E-state index contributed by atoms with van der Waals surface area (Å²) in [6, 6.07) is 0. The van der Waals surface area contributed by atoms with Gasteiger partial charge in [-0.15, -0.1) is 11.3 Å². The summed E-state index contributed by atoms with van der Waals surface area (Å²) in [5.74, 6) is 1.47. The second-order valence-electron chi connectivity index (χ2n) is 6.30. The van der Waals surface area contributed by atoms with Crippen molar-refractivity contribution in [2.75, 3.05) is 39.1 Å². The summed E-state index contributed by atoms with van der Waals surface area (Å²) >= 11 is 1.66. The van der Waals surface area contributed by atoms with Crippen LogP contribution in [0.2, 0.25) is 0 Å². The molecule has 0 aliphatic carbocycles.